The summed E-state index contributed by atoms with van der Waals surface area (Å²) in [6, 6.07) is 3.99. The molecule has 8 nitrogen and oxygen atoms in total. The van der Waals surface area contributed by atoms with E-state index < -0.39 is 0 Å². The second kappa shape index (κ2) is 12.6. The number of aromatic nitrogens is 1. The summed E-state index contributed by atoms with van der Waals surface area (Å²) in [7, 11) is 0. The van der Waals surface area contributed by atoms with Crippen LogP contribution in [0.3, 0.4) is 0 Å². The lowest BCUT2D eigenvalue weighted by Crippen LogP contribution is -2.42. The van der Waals surface area contributed by atoms with Gasteiger partial charge in [-0.15, -0.1) is 0 Å². The van der Waals surface area contributed by atoms with Crippen LogP contribution in [0.25, 0.3) is 0 Å². The molecule has 2 saturated heterocycles. The van der Waals surface area contributed by atoms with Crippen LogP contribution in [0.15, 0.2) is 24.5 Å². The average molecular weight is 418 g/mol. The van der Waals surface area contributed by atoms with Crippen LogP contribution in [0, 0.1) is 5.92 Å². The minimum atomic E-state index is -0.0617. The normalized spacial score (nSPS) is 22.7. The third kappa shape index (κ3) is 8.01. The zero-order valence-corrected chi connectivity index (χ0v) is 17.9. The molecule has 2 fully saturated rings. The number of nitrogens with zero attached hydrogens (tertiary/aromatic N) is 3. The van der Waals surface area contributed by atoms with Crippen molar-refractivity contribution in [2.45, 2.75) is 32.2 Å². The van der Waals surface area contributed by atoms with E-state index in [1.807, 2.05) is 12.3 Å². The molecule has 2 amide bonds. The number of morpholine rings is 1. The molecular weight excluding hydrogens is 382 g/mol. The molecule has 1 atom stereocenters. The van der Waals surface area contributed by atoms with Crippen molar-refractivity contribution in [2.24, 2.45) is 5.92 Å². The Hall–Kier alpha value is -2.03. The predicted octanol–water partition coefficient (Wildman–Crippen LogP) is 0.638. The molecule has 30 heavy (non-hydrogen) atoms. The molecule has 0 bridgehead atoms. The van der Waals surface area contributed by atoms with Gasteiger partial charge in [-0.1, -0.05) is 6.07 Å². The van der Waals surface area contributed by atoms with Gasteiger partial charge in [0.15, 0.2) is 0 Å². The number of rotatable bonds is 6. The number of hydrogen-bond acceptors (Lipinski definition) is 6. The molecule has 0 radical (unpaired) electrons. The van der Waals surface area contributed by atoms with E-state index >= 15 is 0 Å². The number of ether oxygens (including phenoxy) is 1. The standard InChI is InChI=1S/C22H35N5O3/c28-21-6-11-27(18-19-3-1-7-23-17-19)10-2-4-20(5-8-24-21)22(29)25-9-12-26-13-15-30-16-14-26/h1,3,7,17,20H,2,4-6,8-16,18H2,(H,24,28)(H,25,29). The molecule has 0 spiro atoms. The van der Waals surface area contributed by atoms with Crippen molar-refractivity contribution in [1.82, 2.24) is 25.4 Å². The Balaban J connectivity index is 1.47. The summed E-state index contributed by atoms with van der Waals surface area (Å²) in [6.45, 7) is 7.84. The van der Waals surface area contributed by atoms with Crippen molar-refractivity contribution in [3.8, 4) is 0 Å². The van der Waals surface area contributed by atoms with Crippen LogP contribution in [0.2, 0.25) is 0 Å². The van der Waals surface area contributed by atoms with Gasteiger partial charge in [-0.25, -0.2) is 0 Å². The van der Waals surface area contributed by atoms with E-state index in [4.69, 9.17) is 4.74 Å². The Morgan fingerprint density at radius 3 is 2.87 bits per heavy atom. The molecule has 2 aliphatic rings. The van der Waals surface area contributed by atoms with Gasteiger partial charge in [0.05, 0.1) is 13.2 Å². The molecule has 1 aromatic rings. The lowest BCUT2D eigenvalue weighted by Gasteiger charge is -2.27. The van der Waals surface area contributed by atoms with Crippen LogP contribution in [-0.2, 0) is 20.9 Å². The zero-order chi connectivity index (χ0) is 21.0. The van der Waals surface area contributed by atoms with Gasteiger partial charge in [0.2, 0.25) is 11.8 Å². The smallest absolute Gasteiger partial charge is 0.223 e. The highest BCUT2D eigenvalue weighted by atomic mass is 16.5. The van der Waals surface area contributed by atoms with Crippen LogP contribution in [-0.4, -0.2) is 85.6 Å². The highest BCUT2D eigenvalue weighted by molar-refractivity contribution is 5.79. The van der Waals surface area contributed by atoms with Crippen molar-refractivity contribution < 1.29 is 14.3 Å². The second-order valence-corrected chi connectivity index (χ2v) is 8.11. The van der Waals surface area contributed by atoms with Gasteiger partial charge in [-0.2, -0.15) is 0 Å². The van der Waals surface area contributed by atoms with Gasteiger partial charge in [0.25, 0.3) is 0 Å². The molecular formula is C22H35N5O3. The van der Waals surface area contributed by atoms with Crippen molar-refractivity contribution >= 4 is 11.8 Å². The average Bonchev–Trinajstić information content (AvgIpc) is 2.81. The Labute approximate surface area is 179 Å². The Morgan fingerprint density at radius 1 is 1.20 bits per heavy atom. The maximum Gasteiger partial charge on any atom is 0.223 e. The van der Waals surface area contributed by atoms with Gasteiger partial charge in [0.1, 0.15) is 0 Å². The summed E-state index contributed by atoms with van der Waals surface area (Å²) < 4.78 is 5.36. The first kappa shape index (κ1) is 22.7. The minimum absolute atomic E-state index is 0.0552. The summed E-state index contributed by atoms with van der Waals surface area (Å²) in [5.41, 5.74) is 1.14. The fraction of sp³-hybridized carbons (Fsp3) is 0.682. The molecule has 3 heterocycles. The number of carbonyl (C=O) groups excluding carboxylic acids is 2. The monoisotopic (exact) mass is 417 g/mol. The van der Waals surface area contributed by atoms with Gasteiger partial charge < -0.3 is 15.4 Å². The van der Waals surface area contributed by atoms with Gasteiger partial charge in [-0.3, -0.25) is 24.4 Å². The van der Waals surface area contributed by atoms with Crippen LogP contribution in [0.4, 0.5) is 0 Å². The maximum atomic E-state index is 12.8. The van der Waals surface area contributed by atoms with E-state index in [9.17, 15) is 9.59 Å². The summed E-state index contributed by atoms with van der Waals surface area (Å²) in [5, 5.41) is 6.08. The molecule has 2 aliphatic heterocycles. The molecule has 166 valence electrons. The fourth-order valence-electron chi connectivity index (χ4n) is 4.03. The highest BCUT2D eigenvalue weighted by Crippen LogP contribution is 2.14. The van der Waals surface area contributed by atoms with Gasteiger partial charge >= 0.3 is 0 Å². The number of carbonyl (C=O) groups is 2. The number of pyridine rings is 1. The summed E-state index contributed by atoms with van der Waals surface area (Å²) >= 11 is 0. The molecule has 0 aromatic carbocycles. The summed E-state index contributed by atoms with van der Waals surface area (Å²) in [6.07, 6.45) is 6.59. The Bertz CT molecular complexity index is 651. The van der Waals surface area contributed by atoms with Gasteiger partial charge in [-0.05, 0) is 37.4 Å². The Morgan fingerprint density at radius 2 is 2.07 bits per heavy atom. The van der Waals surface area contributed by atoms with E-state index in [-0.39, 0.29) is 17.7 Å². The van der Waals surface area contributed by atoms with Crippen molar-refractivity contribution in [1.29, 1.82) is 0 Å². The Kier molecular flexibility index (Phi) is 9.53. The molecule has 2 N–H and O–H groups in total. The molecule has 3 rings (SSSR count). The van der Waals surface area contributed by atoms with E-state index in [1.165, 1.54) is 0 Å². The minimum Gasteiger partial charge on any atom is -0.379 e. The van der Waals surface area contributed by atoms with Crippen molar-refractivity contribution in [2.75, 3.05) is 59.0 Å². The zero-order valence-electron chi connectivity index (χ0n) is 17.9. The number of hydrogen-bond donors (Lipinski definition) is 2. The molecule has 1 unspecified atom stereocenters. The lowest BCUT2D eigenvalue weighted by molar-refractivity contribution is -0.126. The van der Waals surface area contributed by atoms with E-state index in [1.54, 1.807) is 6.20 Å². The van der Waals surface area contributed by atoms with Crippen molar-refractivity contribution in [3.63, 3.8) is 0 Å². The lowest BCUT2D eigenvalue weighted by atomic mass is 9.98. The molecule has 8 heteroatoms. The maximum absolute atomic E-state index is 12.8. The van der Waals surface area contributed by atoms with Crippen LogP contribution in [0.5, 0.6) is 0 Å². The van der Waals surface area contributed by atoms with Gasteiger partial charge in [0, 0.05) is 70.5 Å². The summed E-state index contributed by atoms with van der Waals surface area (Å²) in [5.74, 6) is 0.100. The van der Waals surface area contributed by atoms with Crippen LogP contribution in [0.1, 0.15) is 31.2 Å². The van der Waals surface area contributed by atoms with E-state index in [0.717, 1.165) is 70.9 Å². The summed E-state index contributed by atoms with van der Waals surface area (Å²) in [4.78, 5) is 33.7. The van der Waals surface area contributed by atoms with Crippen LogP contribution < -0.4 is 10.6 Å². The molecule has 1 aromatic heterocycles. The first-order valence-electron chi connectivity index (χ1n) is 11.2. The quantitative estimate of drug-likeness (QED) is 0.706. The number of nitrogens with one attached hydrogen (secondary N) is 2. The highest BCUT2D eigenvalue weighted by Gasteiger charge is 2.21. The van der Waals surface area contributed by atoms with Crippen molar-refractivity contribution in [3.05, 3.63) is 30.1 Å². The molecule has 0 aliphatic carbocycles. The molecule has 0 saturated carbocycles. The van der Waals surface area contributed by atoms with E-state index in [0.29, 0.717) is 25.9 Å². The topological polar surface area (TPSA) is 86.8 Å². The number of amides is 2. The third-order valence-corrected chi connectivity index (χ3v) is 5.83. The first-order valence-corrected chi connectivity index (χ1v) is 11.2. The SMILES string of the molecule is O=C1CCN(Cc2cccnc2)CCCC(C(=O)NCCN2CCOCC2)CCN1. The van der Waals surface area contributed by atoms with Crippen LogP contribution >= 0.6 is 0 Å². The first-order chi connectivity index (χ1) is 14.7. The second-order valence-electron chi connectivity index (χ2n) is 8.11. The predicted molar refractivity (Wildman–Crippen MR) is 115 cm³/mol. The van der Waals surface area contributed by atoms with E-state index in [2.05, 4.69) is 31.5 Å². The largest absolute Gasteiger partial charge is 0.379 e. The fourth-order valence-corrected chi connectivity index (χ4v) is 4.03. The third-order valence-electron chi connectivity index (χ3n) is 5.83.